The van der Waals surface area contributed by atoms with Crippen molar-refractivity contribution in [2.45, 2.75) is 354 Å². The van der Waals surface area contributed by atoms with Crippen LogP contribution in [0.2, 0.25) is 0 Å². The molecule has 3 atom stereocenters. The summed E-state index contributed by atoms with van der Waals surface area (Å²) in [6.45, 7) is 6.76. The van der Waals surface area contributed by atoms with Gasteiger partial charge in [-0.15, -0.1) is 0 Å². The van der Waals surface area contributed by atoms with Crippen LogP contribution >= 0.6 is 7.82 Å². The highest BCUT2D eigenvalue weighted by molar-refractivity contribution is 7.45. The van der Waals surface area contributed by atoms with Gasteiger partial charge in [0, 0.05) is 12.8 Å². The summed E-state index contributed by atoms with van der Waals surface area (Å²) in [7, 11) is 1.18. The van der Waals surface area contributed by atoms with Crippen molar-refractivity contribution in [2.24, 2.45) is 0 Å². The monoisotopic (exact) mass is 1240 g/mol. The van der Waals surface area contributed by atoms with E-state index in [4.69, 9.17) is 13.8 Å². The highest BCUT2D eigenvalue weighted by Gasteiger charge is 2.27. The zero-order valence-electron chi connectivity index (χ0n) is 58.0. The van der Waals surface area contributed by atoms with Gasteiger partial charge in [0.15, 0.2) is 0 Å². The molecule has 506 valence electrons. The van der Waals surface area contributed by atoms with E-state index in [-0.39, 0.29) is 24.9 Å². The number of esters is 1. The first-order valence-corrected chi connectivity index (χ1v) is 38.4. The number of rotatable bonds is 67. The van der Waals surface area contributed by atoms with Gasteiger partial charge < -0.3 is 28.5 Å². The second-order valence-electron chi connectivity index (χ2n) is 26.1. The molecule has 1 N–H and O–H groups in total. The number of carbonyl (C=O) groups excluding carboxylic acids is 2. The maximum atomic E-state index is 13.6. The normalized spacial score (nSPS) is 14.0. The number of phosphoric acid groups is 1. The molecule has 0 bridgehead atoms. The van der Waals surface area contributed by atoms with E-state index in [2.05, 4.69) is 99.0 Å². The summed E-state index contributed by atoms with van der Waals surface area (Å²) in [5.74, 6) is -0.538. The molecule has 0 aliphatic heterocycles. The average Bonchev–Trinajstić information content (AvgIpc) is 3.70. The molecular weight excluding hydrogens is 1100 g/mol. The summed E-state index contributed by atoms with van der Waals surface area (Å²) in [6.07, 6.45) is 88.5. The molecule has 0 aliphatic carbocycles. The molecule has 0 aromatic rings. The number of amides is 1. The molecule has 0 spiro atoms. The maximum absolute atomic E-state index is 13.6. The van der Waals surface area contributed by atoms with Gasteiger partial charge in [-0.1, -0.05) is 312 Å². The minimum atomic E-state index is -4.71. The minimum absolute atomic E-state index is 0.0249. The summed E-state index contributed by atoms with van der Waals surface area (Å²) < 4.78 is 30.5. The lowest BCUT2D eigenvalue weighted by Crippen LogP contribution is -2.47. The highest BCUT2D eigenvalue weighted by Crippen LogP contribution is 2.38. The molecule has 1 amide bonds. The first kappa shape index (κ1) is 84.2. The fraction of sp³-hybridized carbons (Fsp3) is 0.792. The third-order valence-electron chi connectivity index (χ3n) is 16.3. The number of hydrogen-bond acceptors (Lipinski definition) is 7. The largest absolute Gasteiger partial charge is 0.756 e. The third kappa shape index (κ3) is 67.4. The molecule has 0 heterocycles. The summed E-state index contributed by atoms with van der Waals surface area (Å²) >= 11 is 0. The Morgan fingerprint density at radius 2 is 0.736 bits per heavy atom. The lowest BCUT2D eigenvalue weighted by atomic mass is 10.0. The summed E-state index contributed by atoms with van der Waals surface area (Å²) in [4.78, 5) is 40.3. The molecule has 0 saturated heterocycles. The molecular formula is C77H141N2O7P. The molecule has 87 heavy (non-hydrogen) atoms. The Bertz CT molecular complexity index is 1760. The number of nitrogens with one attached hydrogen (secondary N) is 1. The summed E-state index contributed by atoms with van der Waals surface area (Å²) in [5.41, 5.74) is 0. The molecule has 0 aromatic carbocycles. The van der Waals surface area contributed by atoms with Crippen LogP contribution < -0.4 is 10.2 Å². The Balaban J connectivity index is 5.08. The lowest BCUT2D eigenvalue weighted by Gasteiger charge is -2.30. The van der Waals surface area contributed by atoms with Gasteiger partial charge in [0.05, 0.1) is 33.8 Å². The molecule has 0 aliphatic rings. The van der Waals surface area contributed by atoms with E-state index >= 15 is 0 Å². The smallest absolute Gasteiger partial charge is 0.306 e. The fourth-order valence-corrected chi connectivity index (χ4v) is 11.4. The first-order chi connectivity index (χ1) is 42.4. The molecule has 3 unspecified atom stereocenters. The molecule has 0 saturated carbocycles. The van der Waals surface area contributed by atoms with Crippen LogP contribution in [0.15, 0.2) is 85.1 Å². The zero-order chi connectivity index (χ0) is 63.5. The molecule has 0 radical (unpaired) electrons. The van der Waals surface area contributed by atoms with Gasteiger partial charge in [-0.25, -0.2) is 0 Å². The van der Waals surface area contributed by atoms with Crippen LogP contribution in [0.3, 0.4) is 0 Å². The van der Waals surface area contributed by atoms with Gasteiger partial charge in [-0.3, -0.25) is 14.2 Å². The van der Waals surface area contributed by atoms with Crippen LogP contribution in [0.5, 0.6) is 0 Å². The second-order valence-corrected chi connectivity index (χ2v) is 27.5. The molecule has 0 fully saturated rings. The van der Waals surface area contributed by atoms with Crippen molar-refractivity contribution in [1.82, 2.24) is 5.32 Å². The van der Waals surface area contributed by atoms with Crippen LogP contribution in [-0.4, -0.2) is 69.4 Å². The first-order valence-electron chi connectivity index (χ1n) is 36.9. The van der Waals surface area contributed by atoms with Crippen LogP contribution in [-0.2, 0) is 27.9 Å². The van der Waals surface area contributed by atoms with Crippen molar-refractivity contribution in [3.05, 3.63) is 85.1 Å². The van der Waals surface area contributed by atoms with Crippen LogP contribution in [0.4, 0.5) is 0 Å². The van der Waals surface area contributed by atoms with Gasteiger partial charge in [-0.05, 0) is 102 Å². The second kappa shape index (κ2) is 66.1. The Labute approximate surface area is 539 Å². The number of ether oxygens (including phenoxy) is 1. The average molecular weight is 1240 g/mol. The van der Waals surface area contributed by atoms with Crippen molar-refractivity contribution in [3.8, 4) is 0 Å². The predicted octanol–water partition coefficient (Wildman–Crippen LogP) is 23.0. The number of hydrogen-bond donors (Lipinski definition) is 1. The molecule has 9 nitrogen and oxygen atoms in total. The third-order valence-corrected chi connectivity index (χ3v) is 17.3. The van der Waals surface area contributed by atoms with Gasteiger partial charge >= 0.3 is 5.97 Å². The quantitative estimate of drug-likeness (QED) is 0.0212. The number of quaternary nitrogens is 1. The number of nitrogens with zero attached hydrogens (tertiary/aromatic N) is 1. The SMILES string of the molecule is CC/C=C\C/C=C\C/C=C\C/C=C\C/C=C\CCCCCCCCCCCC(=O)OC(/C=C/CCCCCCCCCCCCC)C(COP(=O)([O-])OCC[N+](C)(C)C)NC(=O)CCCCCCCCCCCCCCC/C=C/CCCCCCCC. The van der Waals surface area contributed by atoms with Gasteiger partial charge in [-0.2, -0.15) is 0 Å². The lowest BCUT2D eigenvalue weighted by molar-refractivity contribution is -0.870. The number of phosphoric ester groups is 1. The number of likely N-dealkylation sites (N-methyl/N-ethyl adjacent to an activating group) is 1. The topological polar surface area (TPSA) is 114 Å². The van der Waals surface area contributed by atoms with E-state index in [9.17, 15) is 19.0 Å². The summed E-state index contributed by atoms with van der Waals surface area (Å²) in [5, 5.41) is 3.05. The molecule has 0 aromatic heterocycles. The van der Waals surface area contributed by atoms with Gasteiger partial charge in [0.2, 0.25) is 5.91 Å². The van der Waals surface area contributed by atoms with E-state index in [0.717, 1.165) is 103 Å². The Hall–Kier alpha value is -2.81. The van der Waals surface area contributed by atoms with E-state index in [0.29, 0.717) is 17.4 Å². The van der Waals surface area contributed by atoms with Gasteiger partial charge in [0.25, 0.3) is 7.82 Å². The Morgan fingerprint density at radius 1 is 0.414 bits per heavy atom. The van der Waals surface area contributed by atoms with E-state index in [1.165, 1.54) is 205 Å². The molecule has 0 rings (SSSR count). The number of unbranched alkanes of at least 4 members (excludes halogenated alkanes) is 39. The molecule has 10 heteroatoms. The number of carbonyl (C=O) groups is 2. The van der Waals surface area contributed by atoms with Crippen LogP contribution in [0.1, 0.15) is 342 Å². The standard InChI is InChI=1S/C77H141N2O7P/c1-7-10-13-16-19-22-25-28-30-32-34-36-38-39-41-43-45-47-49-52-55-58-61-64-67-70-77(81)86-75(68-65-62-59-56-53-50-27-24-21-18-15-12-9-3)74(73-85-87(82,83)84-72-71-79(4,5)6)78-76(80)69-66-63-60-57-54-51-48-46-44-42-40-37-35-33-31-29-26-23-20-17-14-11-8-2/h10,13,19,22,28-31,34,36,39,41,65,68,74-75H,7-9,11-12,14-18,20-21,23-27,32-33,35,37-38,40,42-64,66-67,69-73H2,1-6H3,(H-,78,80,82,83)/b13-10-,22-19-,30-28-,31-29+,36-34-,41-39-,68-65+. The zero-order valence-corrected chi connectivity index (χ0v) is 58.9. The predicted molar refractivity (Wildman–Crippen MR) is 376 cm³/mol. The van der Waals surface area contributed by atoms with Crippen molar-refractivity contribution in [3.63, 3.8) is 0 Å². The van der Waals surface area contributed by atoms with Crippen molar-refractivity contribution >= 4 is 19.7 Å². The van der Waals surface area contributed by atoms with Crippen LogP contribution in [0.25, 0.3) is 0 Å². The van der Waals surface area contributed by atoms with E-state index in [1.54, 1.807) is 0 Å². The maximum Gasteiger partial charge on any atom is 0.306 e. The Morgan fingerprint density at radius 3 is 1.11 bits per heavy atom. The van der Waals surface area contributed by atoms with Crippen molar-refractivity contribution in [2.75, 3.05) is 40.9 Å². The summed E-state index contributed by atoms with van der Waals surface area (Å²) in [6, 6.07) is -0.895. The van der Waals surface area contributed by atoms with Crippen molar-refractivity contribution in [1.29, 1.82) is 0 Å². The van der Waals surface area contributed by atoms with Gasteiger partial charge in [0.1, 0.15) is 19.3 Å². The Kier molecular flexibility index (Phi) is 64.0. The highest BCUT2D eigenvalue weighted by atomic mass is 31.2. The number of allylic oxidation sites excluding steroid dienone is 13. The van der Waals surface area contributed by atoms with Crippen LogP contribution in [0, 0.1) is 0 Å². The van der Waals surface area contributed by atoms with Crippen molar-refractivity contribution < 1.29 is 37.3 Å². The fourth-order valence-electron chi connectivity index (χ4n) is 10.7. The van der Waals surface area contributed by atoms with E-state index < -0.39 is 26.6 Å². The van der Waals surface area contributed by atoms with E-state index in [1.807, 2.05) is 33.3 Å². The minimum Gasteiger partial charge on any atom is -0.756 e.